The summed E-state index contributed by atoms with van der Waals surface area (Å²) in [4.78, 5) is 13.2. The van der Waals surface area contributed by atoms with Crippen LogP contribution in [0.3, 0.4) is 0 Å². The van der Waals surface area contributed by atoms with Crippen molar-refractivity contribution in [1.29, 1.82) is 0 Å². The standard InChI is InChI=1S/C16H19NO2S/c1-12-5-3-6-14(11-12)19-13(2)16(18)17-9-8-15-7-4-10-20-15/h3-7,10-11,13H,8-9H2,1-2H3,(H,17,18). The second-order valence-corrected chi connectivity index (χ2v) is 5.73. The van der Waals surface area contributed by atoms with Gasteiger partial charge in [-0.05, 0) is 49.4 Å². The largest absolute Gasteiger partial charge is 0.481 e. The quantitative estimate of drug-likeness (QED) is 0.887. The molecular weight excluding hydrogens is 270 g/mol. The van der Waals surface area contributed by atoms with Crippen LogP contribution in [0.2, 0.25) is 0 Å². The van der Waals surface area contributed by atoms with Gasteiger partial charge in [-0.1, -0.05) is 18.2 Å². The van der Waals surface area contributed by atoms with Crippen molar-refractivity contribution in [3.8, 4) is 5.75 Å². The minimum atomic E-state index is -0.486. The second kappa shape index (κ2) is 7.10. The molecule has 0 radical (unpaired) electrons. The lowest BCUT2D eigenvalue weighted by molar-refractivity contribution is -0.127. The first-order chi connectivity index (χ1) is 9.65. The predicted octanol–water partition coefficient (Wildman–Crippen LogP) is 3.18. The highest BCUT2D eigenvalue weighted by Crippen LogP contribution is 2.14. The van der Waals surface area contributed by atoms with Gasteiger partial charge in [0, 0.05) is 11.4 Å². The number of rotatable bonds is 6. The Kier molecular flexibility index (Phi) is 5.18. The lowest BCUT2D eigenvalue weighted by Crippen LogP contribution is -2.37. The van der Waals surface area contributed by atoms with Gasteiger partial charge in [0.2, 0.25) is 0 Å². The molecule has 3 nitrogen and oxygen atoms in total. The molecule has 2 rings (SSSR count). The number of nitrogens with one attached hydrogen (secondary N) is 1. The monoisotopic (exact) mass is 289 g/mol. The van der Waals surface area contributed by atoms with Gasteiger partial charge in [-0.15, -0.1) is 11.3 Å². The molecule has 1 heterocycles. The van der Waals surface area contributed by atoms with Gasteiger partial charge in [-0.25, -0.2) is 0 Å². The maximum Gasteiger partial charge on any atom is 0.260 e. The van der Waals surface area contributed by atoms with Gasteiger partial charge in [0.05, 0.1) is 0 Å². The van der Waals surface area contributed by atoms with E-state index < -0.39 is 6.10 Å². The fourth-order valence-corrected chi connectivity index (χ4v) is 2.56. The molecule has 20 heavy (non-hydrogen) atoms. The summed E-state index contributed by atoms with van der Waals surface area (Å²) in [5, 5.41) is 4.94. The SMILES string of the molecule is Cc1cccc(OC(C)C(=O)NCCc2cccs2)c1. The van der Waals surface area contributed by atoms with E-state index in [-0.39, 0.29) is 5.91 Å². The van der Waals surface area contributed by atoms with Gasteiger partial charge in [0.15, 0.2) is 6.10 Å². The Hall–Kier alpha value is -1.81. The fourth-order valence-electron chi connectivity index (χ4n) is 1.85. The van der Waals surface area contributed by atoms with Crippen LogP contribution in [0.15, 0.2) is 41.8 Å². The molecule has 0 bridgehead atoms. The van der Waals surface area contributed by atoms with Crippen molar-refractivity contribution in [2.24, 2.45) is 0 Å². The first-order valence-electron chi connectivity index (χ1n) is 6.68. The van der Waals surface area contributed by atoms with Crippen molar-refractivity contribution >= 4 is 17.2 Å². The van der Waals surface area contributed by atoms with Crippen molar-refractivity contribution in [2.75, 3.05) is 6.54 Å². The Bertz CT molecular complexity index is 551. The lowest BCUT2D eigenvalue weighted by atomic mass is 10.2. The number of thiophene rings is 1. The molecule has 1 aromatic heterocycles. The number of hydrogen-bond acceptors (Lipinski definition) is 3. The summed E-state index contributed by atoms with van der Waals surface area (Å²) in [6, 6.07) is 11.8. The first-order valence-corrected chi connectivity index (χ1v) is 7.56. The van der Waals surface area contributed by atoms with E-state index in [4.69, 9.17) is 4.74 Å². The molecule has 106 valence electrons. The van der Waals surface area contributed by atoms with E-state index in [2.05, 4.69) is 11.4 Å². The number of benzene rings is 1. The minimum absolute atomic E-state index is 0.0805. The number of ether oxygens (including phenoxy) is 1. The number of carbonyl (C=O) groups is 1. The molecule has 0 fully saturated rings. The highest BCUT2D eigenvalue weighted by molar-refractivity contribution is 7.09. The average molecular weight is 289 g/mol. The Labute approximate surface area is 123 Å². The summed E-state index contributed by atoms with van der Waals surface area (Å²) in [7, 11) is 0. The summed E-state index contributed by atoms with van der Waals surface area (Å²) < 4.78 is 5.64. The van der Waals surface area contributed by atoms with Crippen LogP contribution >= 0.6 is 11.3 Å². The van der Waals surface area contributed by atoms with Crippen LogP contribution in [-0.4, -0.2) is 18.6 Å². The zero-order chi connectivity index (χ0) is 14.4. The van der Waals surface area contributed by atoms with Crippen molar-refractivity contribution in [2.45, 2.75) is 26.4 Å². The second-order valence-electron chi connectivity index (χ2n) is 4.70. The van der Waals surface area contributed by atoms with Gasteiger partial charge in [-0.3, -0.25) is 4.79 Å². The molecule has 0 spiro atoms. The van der Waals surface area contributed by atoms with Crippen LogP contribution in [0, 0.1) is 6.92 Å². The molecule has 2 aromatic rings. The summed E-state index contributed by atoms with van der Waals surface area (Å²) >= 11 is 1.70. The average Bonchev–Trinajstić information content (AvgIpc) is 2.91. The van der Waals surface area contributed by atoms with Gasteiger partial charge < -0.3 is 10.1 Å². The molecule has 1 aromatic carbocycles. The molecule has 0 aliphatic carbocycles. The zero-order valence-electron chi connectivity index (χ0n) is 11.8. The van der Waals surface area contributed by atoms with Crippen LogP contribution in [0.4, 0.5) is 0 Å². The van der Waals surface area contributed by atoms with Crippen LogP contribution in [0.5, 0.6) is 5.75 Å². The van der Waals surface area contributed by atoms with E-state index in [1.165, 1.54) is 4.88 Å². The van der Waals surface area contributed by atoms with Gasteiger partial charge in [0.25, 0.3) is 5.91 Å². The molecule has 1 N–H and O–H groups in total. The summed E-state index contributed by atoms with van der Waals surface area (Å²) in [5.41, 5.74) is 1.12. The Balaban J connectivity index is 1.77. The molecule has 0 aliphatic rings. The van der Waals surface area contributed by atoms with E-state index in [9.17, 15) is 4.79 Å². The Morgan fingerprint density at radius 1 is 1.35 bits per heavy atom. The Morgan fingerprint density at radius 3 is 2.90 bits per heavy atom. The third kappa shape index (κ3) is 4.38. The maximum atomic E-state index is 11.9. The Morgan fingerprint density at radius 2 is 2.20 bits per heavy atom. The molecule has 1 unspecified atom stereocenters. The summed E-state index contributed by atoms with van der Waals surface area (Å²) in [6.45, 7) is 4.41. The van der Waals surface area contributed by atoms with E-state index in [0.717, 1.165) is 17.7 Å². The maximum absolute atomic E-state index is 11.9. The van der Waals surface area contributed by atoms with Crippen molar-refractivity contribution in [3.05, 3.63) is 52.2 Å². The third-order valence-electron chi connectivity index (χ3n) is 2.92. The highest BCUT2D eigenvalue weighted by atomic mass is 32.1. The van der Waals surface area contributed by atoms with Gasteiger partial charge in [0.1, 0.15) is 5.75 Å². The molecule has 0 saturated carbocycles. The van der Waals surface area contributed by atoms with Crippen LogP contribution in [-0.2, 0) is 11.2 Å². The highest BCUT2D eigenvalue weighted by Gasteiger charge is 2.13. The first kappa shape index (κ1) is 14.6. The number of carbonyl (C=O) groups excluding carboxylic acids is 1. The van der Waals surface area contributed by atoms with Crippen LogP contribution in [0.1, 0.15) is 17.4 Å². The molecule has 4 heteroatoms. The van der Waals surface area contributed by atoms with E-state index in [1.54, 1.807) is 18.3 Å². The smallest absolute Gasteiger partial charge is 0.260 e. The zero-order valence-corrected chi connectivity index (χ0v) is 12.6. The molecule has 0 aliphatic heterocycles. The summed E-state index contributed by atoms with van der Waals surface area (Å²) in [6.07, 6.45) is 0.376. The van der Waals surface area contributed by atoms with Crippen molar-refractivity contribution in [3.63, 3.8) is 0 Å². The van der Waals surface area contributed by atoms with Crippen molar-refractivity contribution in [1.82, 2.24) is 5.32 Å². The van der Waals surface area contributed by atoms with Gasteiger partial charge in [-0.2, -0.15) is 0 Å². The van der Waals surface area contributed by atoms with Crippen LogP contribution < -0.4 is 10.1 Å². The molecule has 0 saturated heterocycles. The predicted molar refractivity (Wildman–Crippen MR) is 82.3 cm³/mol. The normalized spacial score (nSPS) is 11.9. The topological polar surface area (TPSA) is 38.3 Å². The number of hydrogen-bond donors (Lipinski definition) is 1. The molecule has 1 amide bonds. The lowest BCUT2D eigenvalue weighted by Gasteiger charge is -2.14. The van der Waals surface area contributed by atoms with E-state index in [1.807, 2.05) is 42.6 Å². The minimum Gasteiger partial charge on any atom is -0.481 e. The molecular formula is C16H19NO2S. The third-order valence-corrected chi connectivity index (χ3v) is 3.86. The van der Waals surface area contributed by atoms with E-state index >= 15 is 0 Å². The van der Waals surface area contributed by atoms with Crippen LogP contribution in [0.25, 0.3) is 0 Å². The molecule has 1 atom stereocenters. The fraction of sp³-hybridized carbons (Fsp3) is 0.312. The number of aryl methyl sites for hydroxylation is 1. The van der Waals surface area contributed by atoms with Crippen molar-refractivity contribution < 1.29 is 9.53 Å². The number of amides is 1. The van der Waals surface area contributed by atoms with Gasteiger partial charge >= 0.3 is 0 Å². The summed E-state index contributed by atoms with van der Waals surface area (Å²) in [5.74, 6) is 0.647. The van der Waals surface area contributed by atoms with E-state index in [0.29, 0.717) is 6.54 Å².